The van der Waals surface area contributed by atoms with Gasteiger partial charge < -0.3 is 20.8 Å². The number of carbonyl (C=O) groups excluding carboxylic acids is 2. The number of benzene rings is 8. The third kappa shape index (κ3) is 8.28. The van der Waals surface area contributed by atoms with Crippen LogP contribution in [0.15, 0.2) is 166 Å². The van der Waals surface area contributed by atoms with Crippen molar-refractivity contribution in [2.24, 2.45) is 20.5 Å². The van der Waals surface area contributed by atoms with Gasteiger partial charge in [-0.15, -0.1) is 10.2 Å². The summed E-state index contributed by atoms with van der Waals surface area (Å²) in [5.41, 5.74) is 5.94. The smallest absolute Gasteiger partial charge is 0.259 e. The van der Waals surface area contributed by atoms with Crippen LogP contribution in [0, 0.1) is 13.8 Å². The number of hydrogen-bond donors (Lipinski definition) is 4. The molecule has 10 nitrogen and oxygen atoms in total. The first-order valence-corrected chi connectivity index (χ1v) is 19.5. The molecule has 0 aliphatic heterocycles. The van der Waals surface area contributed by atoms with E-state index < -0.39 is 11.8 Å². The highest BCUT2D eigenvalue weighted by molar-refractivity contribution is 6.32. The highest BCUT2D eigenvalue weighted by atomic mass is 35.5. The second kappa shape index (κ2) is 16.8. The third-order valence-electron chi connectivity index (χ3n) is 9.94. The van der Waals surface area contributed by atoms with Crippen LogP contribution in [0.3, 0.4) is 0 Å². The van der Waals surface area contributed by atoms with E-state index in [2.05, 4.69) is 31.1 Å². The summed E-state index contributed by atoms with van der Waals surface area (Å²) in [5.74, 6) is -1.65. The lowest BCUT2D eigenvalue weighted by Crippen LogP contribution is -2.12. The number of azo groups is 2. The zero-order valence-corrected chi connectivity index (χ0v) is 33.6. The van der Waals surface area contributed by atoms with Crippen LogP contribution in [-0.2, 0) is 0 Å². The maximum absolute atomic E-state index is 13.6. The zero-order chi connectivity index (χ0) is 41.9. The van der Waals surface area contributed by atoms with E-state index in [-0.39, 0.29) is 34.0 Å². The molecule has 8 aromatic rings. The van der Waals surface area contributed by atoms with Crippen LogP contribution < -0.4 is 10.6 Å². The van der Waals surface area contributed by atoms with Crippen molar-refractivity contribution in [2.75, 3.05) is 10.6 Å². The number of hydrogen-bond acceptors (Lipinski definition) is 8. The van der Waals surface area contributed by atoms with E-state index in [1.165, 1.54) is 0 Å². The number of amides is 2. The van der Waals surface area contributed by atoms with Crippen molar-refractivity contribution < 1.29 is 19.8 Å². The van der Waals surface area contributed by atoms with E-state index in [0.29, 0.717) is 54.3 Å². The number of carbonyl (C=O) groups is 2. The molecule has 8 rings (SSSR count). The second-order valence-electron chi connectivity index (χ2n) is 14.0. The minimum atomic E-state index is -0.523. The molecule has 12 heteroatoms. The number of aromatic hydroxyl groups is 2. The molecule has 0 bridgehead atoms. The average Bonchev–Trinajstić information content (AvgIpc) is 3.25. The first-order valence-electron chi connectivity index (χ1n) is 18.7. The van der Waals surface area contributed by atoms with Crippen molar-refractivity contribution in [2.45, 2.75) is 13.8 Å². The van der Waals surface area contributed by atoms with Crippen molar-refractivity contribution in [3.05, 3.63) is 178 Å². The molecule has 0 saturated heterocycles. The molecule has 0 unspecified atom stereocenters. The quantitative estimate of drug-likeness (QED) is 0.107. The monoisotopic (exact) mass is 828 g/mol. The van der Waals surface area contributed by atoms with Gasteiger partial charge in [0.2, 0.25) is 0 Å². The third-order valence-corrected chi connectivity index (χ3v) is 10.8. The minimum absolute atomic E-state index is 0.0385. The largest absolute Gasteiger partial charge is 0.505 e. The minimum Gasteiger partial charge on any atom is -0.505 e. The van der Waals surface area contributed by atoms with Crippen LogP contribution >= 0.6 is 23.2 Å². The van der Waals surface area contributed by atoms with E-state index in [4.69, 9.17) is 23.2 Å². The number of nitrogens with one attached hydrogen (secondary N) is 2. The van der Waals surface area contributed by atoms with Crippen LogP contribution in [0.2, 0.25) is 10.0 Å². The normalized spacial score (nSPS) is 11.5. The number of halogens is 2. The van der Waals surface area contributed by atoms with Gasteiger partial charge in [-0.05, 0) is 108 Å². The molecule has 0 saturated carbocycles. The lowest BCUT2D eigenvalue weighted by atomic mass is 10.0. The summed E-state index contributed by atoms with van der Waals surface area (Å²) in [7, 11) is 0. The van der Waals surface area contributed by atoms with Crippen molar-refractivity contribution in [1.29, 1.82) is 0 Å². The summed E-state index contributed by atoms with van der Waals surface area (Å²) in [6.45, 7) is 3.77. The number of rotatable bonds is 9. The fourth-order valence-corrected chi connectivity index (χ4v) is 6.93. The van der Waals surface area contributed by atoms with Gasteiger partial charge in [0.05, 0.1) is 22.5 Å². The summed E-state index contributed by atoms with van der Waals surface area (Å²) in [5, 5.41) is 49.3. The zero-order valence-electron chi connectivity index (χ0n) is 32.1. The summed E-state index contributed by atoms with van der Waals surface area (Å²) in [6.07, 6.45) is 0. The number of anilines is 2. The molecule has 4 N–H and O–H groups in total. The van der Waals surface area contributed by atoms with Crippen LogP contribution in [-0.4, -0.2) is 22.0 Å². The van der Waals surface area contributed by atoms with Crippen molar-refractivity contribution in [3.8, 4) is 22.6 Å². The van der Waals surface area contributed by atoms with Crippen molar-refractivity contribution >= 4 is 90.7 Å². The Morgan fingerprint density at radius 3 is 1.25 bits per heavy atom. The Hall–Kier alpha value is -7.40. The number of aryl methyl sites for hydroxylation is 2. The summed E-state index contributed by atoms with van der Waals surface area (Å²) in [6, 6.07) is 42.8. The van der Waals surface area contributed by atoms with Gasteiger partial charge in [-0.3, -0.25) is 9.59 Å². The van der Waals surface area contributed by atoms with Crippen LogP contribution in [0.1, 0.15) is 31.8 Å². The number of fused-ring (bicyclic) bond motifs is 2. The van der Waals surface area contributed by atoms with Gasteiger partial charge in [0.15, 0.2) is 11.5 Å². The highest BCUT2D eigenvalue weighted by Crippen LogP contribution is 2.41. The summed E-state index contributed by atoms with van der Waals surface area (Å²) in [4.78, 5) is 27.1. The maximum atomic E-state index is 13.6. The van der Waals surface area contributed by atoms with Crippen LogP contribution in [0.4, 0.5) is 34.1 Å². The Balaban J connectivity index is 0.972. The standard InChI is InChI=1S/C48H34Cl2N6O4/c1-27-11-17-35(25-41(27)49)53-55-43-37-9-5-3-7-31(37)23-39(45(43)57)47(59)51-33-19-13-29(14-20-33)30-15-21-34(22-16-30)52-48(60)40-24-32-8-4-6-10-38(32)44(46(40)58)56-54-36-18-12-28(2)42(50)26-36/h3-26,57-58H,1-2H3,(H,51,59)(H,52,60). The van der Waals surface area contributed by atoms with Gasteiger partial charge in [-0.2, -0.15) is 10.2 Å². The van der Waals surface area contributed by atoms with Gasteiger partial charge in [-0.1, -0.05) is 108 Å². The van der Waals surface area contributed by atoms with E-state index in [0.717, 1.165) is 22.3 Å². The Morgan fingerprint density at radius 1 is 0.483 bits per heavy atom. The molecule has 0 aromatic heterocycles. The molecule has 0 radical (unpaired) electrons. The van der Waals surface area contributed by atoms with E-state index in [1.54, 1.807) is 72.8 Å². The molecular weight excluding hydrogens is 795 g/mol. The molecule has 0 atom stereocenters. The summed E-state index contributed by atoms with van der Waals surface area (Å²) >= 11 is 12.5. The second-order valence-corrected chi connectivity index (χ2v) is 14.8. The molecule has 0 aliphatic rings. The predicted molar refractivity (Wildman–Crippen MR) is 240 cm³/mol. The molecule has 0 fully saturated rings. The molecule has 0 spiro atoms. The van der Waals surface area contributed by atoms with E-state index in [9.17, 15) is 19.8 Å². The molecule has 294 valence electrons. The Kier molecular flexibility index (Phi) is 11.1. The number of nitrogens with zero attached hydrogens (tertiary/aromatic N) is 4. The lowest BCUT2D eigenvalue weighted by Gasteiger charge is -2.12. The van der Waals surface area contributed by atoms with Gasteiger partial charge in [0.1, 0.15) is 11.4 Å². The van der Waals surface area contributed by atoms with Crippen molar-refractivity contribution in [3.63, 3.8) is 0 Å². The average molecular weight is 830 g/mol. The topological polar surface area (TPSA) is 148 Å². The predicted octanol–water partition coefficient (Wildman–Crippen LogP) is 14.3. The molecule has 8 aromatic carbocycles. The van der Waals surface area contributed by atoms with Crippen molar-refractivity contribution in [1.82, 2.24) is 0 Å². The molecule has 0 aliphatic carbocycles. The molecule has 0 heterocycles. The first kappa shape index (κ1) is 39.4. The van der Waals surface area contributed by atoms with Gasteiger partial charge in [-0.25, -0.2) is 0 Å². The van der Waals surface area contributed by atoms with Gasteiger partial charge >= 0.3 is 0 Å². The molecular formula is C48H34Cl2N6O4. The van der Waals surface area contributed by atoms with Gasteiger partial charge in [0, 0.05) is 32.2 Å². The Morgan fingerprint density at radius 2 is 0.867 bits per heavy atom. The van der Waals surface area contributed by atoms with E-state index >= 15 is 0 Å². The SMILES string of the molecule is Cc1ccc(N=Nc2c(O)c(C(=O)Nc3ccc(-c4ccc(NC(=O)c5cc6ccccc6c(N=Nc6ccc(C)c(Cl)c6)c5O)cc4)cc3)cc3ccccc23)cc1Cl. The van der Waals surface area contributed by atoms with Crippen LogP contribution in [0.5, 0.6) is 11.5 Å². The van der Waals surface area contributed by atoms with E-state index in [1.807, 2.05) is 86.6 Å². The molecule has 2 amide bonds. The molecule has 60 heavy (non-hydrogen) atoms. The fraction of sp³-hybridized carbons (Fsp3) is 0.0417. The fourth-order valence-electron chi connectivity index (χ4n) is 6.58. The number of phenols is 2. The van der Waals surface area contributed by atoms with Gasteiger partial charge in [0.25, 0.3) is 11.8 Å². The Bertz CT molecular complexity index is 2830. The Labute approximate surface area is 354 Å². The maximum Gasteiger partial charge on any atom is 0.259 e. The number of phenolic OH excluding ortho intramolecular Hbond substituents is 2. The van der Waals surface area contributed by atoms with Crippen LogP contribution in [0.25, 0.3) is 32.7 Å². The summed E-state index contributed by atoms with van der Waals surface area (Å²) < 4.78 is 0. The highest BCUT2D eigenvalue weighted by Gasteiger charge is 2.20. The lowest BCUT2D eigenvalue weighted by molar-refractivity contribution is 0.101. The first-order chi connectivity index (χ1) is 29.0.